The van der Waals surface area contributed by atoms with Gasteiger partial charge in [-0.25, -0.2) is 4.79 Å². The topological polar surface area (TPSA) is 296 Å². The average Bonchev–Trinajstić information content (AvgIpc) is 3.12. The zero-order valence-corrected chi connectivity index (χ0v) is 27.2. The van der Waals surface area contributed by atoms with Gasteiger partial charge in [-0.15, -0.1) is 0 Å². The first-order valence-corrected chi connectivity index (χ1v) is 15.9. The second-order valence-electron chi connectivity index (χ2n) is 12.2. The van der Waals surface area contributed by atoms with Crippen molar-refractivity contribution in [2.45, 2.75) is 55.3 Å². The van der Waals surface area contributed by atoms with Gasteiger partial charge in [-0.2, -0.15) is 0 Å². The molecule has 18 nitrogen and oxygen atoms in total. The fourth-order valence-electron chi connectivity index (χ4n) is 5.65. The predicted molar refractivity (Wildman–Crippen MR) is 177 cm³/mol. The smallest absolute Gasteiger partial charge is 0.331 e. The van der Waals surface area contributed by atoms with Crippen LogP contribution in [0, 0.1) is 0 Å². The Morgan fingerprint density at radius 1 is 0.792 bits per heavy atom. The van der Waals surface area contributed by atoms with E-state index in [0.717, 1.165) is 30.3 Å². The summed E-state index contributed by atoms with van der Waals surface area (Å²) in [4.78, 5) is 27.0. The molecule has 0 saturated carbocycles. The van der Waals surface area contributed by atoms with E-state index in [1.807, 2.05) is 0 Å². The Balaban J connectivity index is 1.37. The van der Waals surface area contributed by atoms with Gasteiger partial charge >= 0.3 is 5.97 Å². The summed E-state index contributed by atoms with van der Waals surface area (Å²) >= 11 is 0. The molecule has 0 unspecified atom stereocenters. The first-order valence-electron chi connectivity index (χ1n) is 15.9. The molecule has 4 aromatic rings. The normalized spacial score (nSPS) is 27.5. The third-order valence-electron chi connectivity index (χ3n) is 8.47. The summed E-state index contributed by atoms with van der Waals surface area (Å²) in [5.74, 6) is -4.71. The molecule has 2 aliphatic heterocycles. The molecule has 1 aromatic heterocycles. The van der Waals surface area contributed by atoms with Crippen LogP contribution in [-0.4, -0.2) is 126 Å². The van der Waals surface area contributed by atoms with Crippen LogP contribution in [0.3, 0.4) is 0 Å². The highest BCUT2D eigenvalue weighted by atomic mass is 16.7. The predicted octanol–water partition coefficient (Wildman–Crippen LogP) is -0.106. The molecular formula is C35H34O18. The summed E-state index contributed by atoms with van der Waals surface area (Å²) < 4.78 is 33.8. The summed E-state index contributed by atoms with van der Waals surface area (Å²) in [7, 11) is 0. The zero-order valence-electron chi connectivity index (χ0n) is 27.2. The quantitative estimate of drug-likeness (QED) is 0.0608. The highest BCUT2D eigenvalue weighted by Crippen LogP contribution is 2.40. The van der Waals surface area contributed by atoms with Crippen LogP contribution < -0.4 is 10.2 Å². The van der Waals surface area contributed by atoms with E-state index in [0.29, 0.717) is 5.56 Å². The maximum Gasteiger partial charge on any atom is 0.331 e. The molecule has 0 spiro atoms. The lowest BCUT2D eigenvalue weighted by molar-refractivity contribution is -0.308. The Hall–Kier alpha value is -5.44. The summed E-state index contributed by atoms with van der Waals surface area (Å²) in [6, 6.07) is 10.9. The SMILES string of the molecule is O=C(/C=C/c1ccc(O)cc1)O[C@H]1[C@H](Oc2c(-c3ccc(O)c(O)c3)oc3cc(O)cc(O)c3c2=O)O[C@@H](CO[C@H]2OC[C@H](O)[C@@H](O)[C@@H]2O)[C@@H](O)[C@@H]1O. The molecule has 0 bridgehead atoms. The summed E-state index contributed by atoms with van der Waals surface area (Å²) in [6.45, 7) is -1.09. The van der Waals surface area contributed by atoms with Crippen molar-refractivity contribution < 1.29 is 84.0 Å². The van der Waals surface area contributed by atoms with Gasteiger partial charge in [-0.05, 0) is 42.0 Å². The fourth-order valence-corrected chi connectivity index (χ4v) is 5.65. The molecule has 6 rings (SSSR count). The van der Waals surface area contributed by atoms with E-state index in [2.05, 4.69) is 0 Å². The standard InChI is InChI=1S/C35H34O18/c36-16-5-1-14(2-6-16)3-8-24(42)52-33-29(46)27(44)23(13-49-34-30(47)26(43)21(41)12-48-34)51-35(33)53-32-28(45)25-20(40)10-17(37)11-22(25)50-31(32)15-4-7-18(38)19(39)9-15/h1-11,21,23,26-27,29-30,33-41,43-44,46-47H,12-13H2/b8-3+/t21-,23-,26+,27+,29-,30-,33+,34+,35-/m0/s1. The lowest BCUT2D eigenvalue weighted by Gasteiger charge is -2.42. The largest absolute Gasteiger partial charge is 0.508 e. The second kappa shape index (κ2) is 15.3. The Morgan fingerprint density at radius 2 is 1.53 bits per heavy atom. The van der Waals surface area contributed by atoms with Crippen LogP contribution >= 0.6 is 0 Å². The average molecular weight is 743 g/mol. The van der Waals surface area contributed by atoms with Crippen molar-refractivity contribution in [2.24, 2.45) is 0 Å². The number of esters is 1. The molecule has 0 amide bonds. The summed E-state index contributed by atoms with van der Waals surface area (Å²) in [5, 5.41) is 102. The van der Waals surface area contributed by atoms with Gasteiger partial charge in [0.15, 0.2) is 29.7 Å². The number of fused-ring (bicyclic) bond motifs is 1. The zero-order chi connectivity index (χ0) is 38.1. The third kappa shape index (κ3) is 7.84. The van der Waals surface area contributed by atoms with Gasteiger partial charge in [0.1, 0.15) is 64.8 Å². The van der Waals surface area contributed by atoms with Crippen LogP contribution in [0.25, 0.3) is 28.4 Å². The Bertz CT molecular complexity index is 2040. The molecule has 53 heavy (non-hydrogen) atoms. The molecule has 18 heteroatoms. The van der Waals surface area contributed by atoms with E-state index in [4.69, 9.17) is 28.1 Å². The van der Waals surface area contributed by atoms with Gasteiger partial charge < -0.3 is 79.2 Å². The van der Waals surface area contributed by atoms with Gasteiger partial charge in [-0.1, -0.05) is 12.1 Å². The molecule has 0 aliphatic carbocycles. The van der Waals surface area contributed by atoms with Crippen molar-refractivity contribution in [2.75, 3.05) is 13.2 Å². The molecule has 282 valence electrons. The molecule has 10 N–H and O–H groups in total. The second-order valence-corrected chi connectivity index (χ2v) is 12.2. The molecule has 9 atom stereocenters. The maximum atomic E-state index is 14.0. The molecule has 3 aromatic carbocycles. The van der Waals surface area contributed by atoms with Crippen molar-refractivity contribution >= 4 is 23.0 Å². The monoisotopic (exact) mass is 742 g/mol. The van der Waals surface area contributed by atoms with E-state index in [-0.39, 0.29) is 16.9 Å². The number of carbonyl (C=O) groups excluding carboxylic acids is 1. The van der Waals surface area contributed by atoms with Crippen LogP contribution in [0.4, 0.5) is 0 Å². The molecule has 2 aliphatic rings. The van der Waals surface area contributed by atoms with Crippen molar-refractivity contribution in [1.29, 1.82) is 0 Å². The Kier molecular flexibility index (Phi) is 10.8. The van der Waals surface area contributed by atoms with Gasteiger partial charge in [0.05, 0.1) is 13.2 Å². The molecule has 3 heterocycles. The van der Waals surface area contributed by atoms with Crippen molar-refractivity contribution in [3.63, 3.8) is 0 Å². The number of benzene rings is 3. The molecular weight excluding hydrogens is 708 g/mol. The number of carbonyl (C=O) groups is 1. The molecule has 0 radical (unpaired) electrons. The van der Waals surface area contributed by atoms with E-state index in [1.165, 1.54) is 36.4 Å². The van der Waals surface area contributed by atoms with Gasteiger partial charge in [0.2, 0.25) is 17.5 Å². The number of aliphatic hydroxyl groups excluding tert-OH is 5. The van der Waals surface area contributed by atoms with Crippen molar-refractivity contribution in [3.05, 3.63) is 76.5 Å². The van der Waals surface area contributed by atoms with Crippen molar-refractivity contribution in [1.82, 2.24) is 0 Å². The van der Waals surface area contributed by atoms with Crippen LogP contribution in [0.5, 0.6) is 34.5 Å². The number of rotatable bonds is 9. The molecule has 2 fully saturated rings. The minimum atomic E-state index is -2.02. The number of aromatic hydroxyl groups is 5. The Morgan fingerprint density at radius 3 is 2.25 bits per heavy atom. The number of phenolic OH excluding ortho intramolecular Hbond substituents is 5. The summed E-state index contributed by atoms with van der Waals surface area (Å²) in [5.41, 5.74) is -1.03. The first-order chi connectivity index (χ1) is 25.2. The lowest BCUT2D eigenvalue weighted by atomic mass is 9.98. The van der Waals surface area contributed by atoms with Gasteiger partial charge in [0.25, 0.3) is 0 Å². The van der Waals surface area contributed by atoms with Gasteiger partial charge in [-0.3, -0.25) is 4.79 Å². The number of hydrogen-bond acceptors (Lipinski definition) is 18. The summed E-state index contributed by atoms with van der Waals surface area (Å²) in [6.07, 6.45) is -13.4. The van der Waals surface area contributed by atoms with E-state index >= 15 is 0 Å². The number of phenols is 5. The van der Waals surface area contributed by atoms with Crippen LogP contribution in [0.2, 0.25) is 0 Å². The molecule has 2 saturated heterocycles. The first kappa shape index (κ1) is 37.3. The van der Waals surface area contributed by atoms with Crippen LogP contribution in [0.15, 0.2) is 69.9 Å². The lowest BCUT2D eigenvalue weighted by Crippen LogP contribution is -2.62. The van der Waals surface area contributed by atoms with Crippen molar-refractivity contribution in [3.8, 4) is 45.8 Å². The number of hydrogen-bond donors (Lipinski definition) is 10. The number of aliphatic hydroxyl groups is 5. The third-order valence-corrected chi connectivity index (χ3v) is 8.47. The fraction of sp³-hybridized carbons (Fsp3) is 0.314. The van der Waals surface area contributed by atoms with E-state index in [9.17, 15) is 60.7 Å². The van der Waals surface area contributed by atoms with Gasteiger partial charge in [0, 0.05) is 23.8 Å². The van der Waals surface area contributed by atoms with Crippen LogP contribution in [-0.2, 0) is 23.7 Å². The minimum Gasteiger partial charge on any atom is -0.508 e. The highest BCUT2D eigenvalue weighted by Gasteiger charge is 2.49. The van der Waals surface area contributed by atoms with Crippen LogP contribution in [0.1, 0.15) is 5.56 Å². The minimum absolute atomic E-state index is 0.0248. The Labute approximate surface area is 297 Å². The number of ether oxygens (including phenoxy) is 5. The maximum absolute atomic E-state index is 14.0. The van der Waals surface area contributed by atoms with E-state index in [1.54, 1.807) is 0 Å². The highest BCUT2D eigenvalue weighted by molar-refractivity contribution is 5.89. The van der Waals surface area contributed by atoms with E-state index < -0.39 is 120 Å².